The molecule has 1 aromatic heterocycles. The summed E-state index contributed by atoms with van der Waals surface area (Å²) in [6.07, 6.45) is 3.51. The lowest BCUT2D eigenvalue weighted by Gasteiger charge is -2.09. The molecule has 5 heteroatoms. The van der Waals surface area contributed by atoms with Gasteiger partial charge in [0.15, 0.2) is 5.84 Å². The minimum atomic E-state index is 0.646. The number of pyridine rings is 1. The van der Waals surface area contributed by atoms with Crippen molar-refractivity contribution in [3.8, 4) is 5.75 Å². The first kappa shape index (κ1) is 16.0. The highest BCUT2D eigenvalue weighted by Crippen LogP contribution is 2.26. The van der Waals surface area contributed by atoms with Crippen molar-refractivity contribution in [3.63, 3.8) is 0 Å². The van der Waals surface area contributed by atoms with Crippen LogP contribution >= 0.6 is 0 Å². The fraction of sp³-hybridized carbons (Fsp3) is 0.0952. The van der Waals surface area contributed by atoms with Crippen molar-refractivity contribution in [2.75, 3.05) is 6.61 Å². The van der Waals surface area contributed by atoms with Crippen molar-refractivity contribution in [1.29, 1.82) is 0 Å². The van der Waals surface area contributed by atoms with Gasteiger partial charge in [0.25, 0.3) is 0 Å². The Morgan fingerprint density at radius 3 is 2.54 bits per heavy atom. The molecule has 4 rings (SSSR count). The van der Waals surface area contributed by atoms with Crippen molar-refractivity contribution in [1.82, 2.24) is 10.4 Å². The smallest absolute Gasteiger partial charge is 0.155 e. The van der Waals surface area contributed by atoms with Crippen molar-refractivity contribution < 1.29 is 4.74 Å². The molecule has 3 aromatic rings. The topological polar surface area (TPSA) is 58.9 Å². The second-order valence-corrected chi connectivity index (χ2v) is 5.75. The van der Waals surface area contributed by atoms with E-state index in [2.05, 4.69) is 15.5 Å². The average molecular weight is 342 g/mol. The molecule has 1 aliphatic rings. The van der Waals surface area contributed by atoms with Crippen molar-refractivity contribution in [2.45, 2.75) is 6.92 Å². The lowest BCUT2D eigenvalue weighted by atomic mass is 10.0. The molecule has 0 radical (unpaired) electrons. The monoisotopic (exact) mass is 342 g/mol. The number of hydrogen-bond acceptors (Lipinski definition) is 5. The summed E-state index contributed by atoms with van der Waals surface area (Å²) < 4.78 is 5.53. The normalized spacial score (nSPS) is 13.0. The number of hydrazone groups is 1. The number of fused-ring (bicyclic) bond motifs is 1. The Kier molecular flexibility index (Phi) is 4.43. The number of aliphatic imine (C=N–C) groups is 1. The molecule has 0 amide bonds. The maximum absolute atomic E-state index is 5.53. The summed E-state index contributed by atoms with van der Waals surface area (Å²) in [5.74, 6) is 1.52. The maximum Gasteiger partial charge on any atom is 0.155 e. The maximum atomic E-state index is 5.53. The van der Waals surface area contributed by atoms with Gasteiger partial charge in [-0.3, -0.25) is 10.4 Å². The van der Waals surface area contributed by atoms with Gasteiger partial charge in [-0.2, -0.15) is 5.10 Å². The van der Waals surface area contributed by atoms with Crippen LogP contribution in [-0.4, -0.2) is 23.1 Å². The van der Waals surface area contributed by atoms with Gasteiger partial charge in [0.1, 0.15) is 5.75 Å². The highest BCUT2D eigenvalue weighted by Gasteiger charge is 2.16. The molecule has 0 aliphatic carbocycles. The van der Waals surface area contributed by atoms with Crippen LogP contribution in [0, 0.1) is 0 Å². The molecule has 2 heterocycles. The molecule has 0 saturated carbocycles. The molecule has 128 valence electrons. The van der Waals surface area contributed by atoms with Crippen LogP contribution in [0.3, 0.4) is 0 Å². The molecule has 2 aromatic carbocycles. The van der Waals surface area contributed by atoms with E-state index >= 15 is 0 Å². The lowest BCUT2D eigenvalue weighted by Crippen LogP contribution is -2.19. The van der Waals surface area contributed by atoms with E-state index < -0.39 is 0 Å². The van der Waals surface area contributed by atoms with E-state index in [9.17, 15) is 0 Å². The number of benzene rings is 2. The van der Waals surface area contributed by atoms with Gasteiger partial charge < -0.3 is 4.74 Å². The summed E-state index contributed by atoms with van der Waals surface area (Å²) in [4.78, 5) is 8.93. The lowest BCUT2D eigenvalue weighted by molar-refractivity contribution is 0.340. The Morgan fingerprint density at radius 1 is 0.923 bits per heavy atom. The fourth-order valence-corrected chi connectivity index (χ4v) is 2.81. The molecular weight excluding hydrogens is 324 g/mol. The molecule has 26 heavy (non-hydrogen) atoms. The van der Waals surface area contributed by atoms with Crippen molar-refractivity contribution in [3.05, 3.63) is 89.7 Å². The van der Waals surface area contributed by atoms with Gasteiger partial charge in [-0.05, 0) is 49.4 Å². The van der Waals surface area contributed by atoms with Crippen LogP contribution in [0.15, 0.2) is 83.2 Å². The second-order valence-electron chi connectivity index (χ2n) is 5.75. The molecule has 0 atom stereocenters. The van der Waals surface area contributed by atoms with E-state index in [1.165, 1.54) is 0 Å². The zero-order valence-corrected chi connectivity index (χ0v) is 14.4. The molecule has 0 saturated heterocycles. The summed E-state index contributed by atoms with van der Waals surface area (Å²) in [5.41, 5.74) is 7.66. The number of nitrogens with one attached hydrogen (secondary N) is 1. The van der Waals surface area contributed by atoms with Crippen LogP contribution < -0.4 is 10.2 Å². The SMILES string of the molecule is CCOc1ccc(C2=NNC(c3cccnc3)=Nc3ccccc32)cc1. The zero-order valence-electron chi connectivity index (χ0n) is 14.4. The Morgan fingerprint density at radius 2 is 1.77 bits per heavy atom. The summed E-state index contributed by atoms with van der Waals surface area (Å²) in [6.45, 7) is 2.62. The number of nitrogens with zero attached hydrogens (tertiary/aromatic N) is 3. The van der Waals surface area contributed by atoms with Gasteiger partial charge in [-0.1, -0.05) is 18.2 Å². The number of ether oxygens (including phenoxy) is 1. The van der Waals surface area contributed by atoms with Crippen LogP contribution in [0.1, 0.15) is 23.6 Å². The summed E-state index contributed by atoms with van der Waals surface area (Å²) in [5, 5.41) is 4.64. The van der Waals surface area contributed by atoms with Gasteiger partial charge in [0, 0.05) is 29.1 Å². The third kappa shape index (κ3) is 3.19. The number of para-hydroxylation sites is 1. The quantitative estimate of drug-likeness (QED) is 0.782. The number of aromatic nitrogens is 1. The minimum absolute atomic E-state index is 0.646. The van der Waals surface area contributed by atoms with Crippen LogP contribution in [-0.2, 0) is 0 Å². The van der Waals surface area contributed by atoms with E-state index in [0.29, 0.717) is 12.4 Å². The van der Waals surface area contributed by atoms with Crippen LogP contribution in [0.5, 0.6) is 5.75 Å². The molecule has 0 unspecified atom stereocenters. The Hall–Kier alpha value is -3.47. The van der Waals surface area contributed by atoms with Crippen LogP contribution in [0.2, 0.25) is 0 Å². The molecule has 0 fully saturated rings. The average Bonchev–Trinajstić information content (AvgIpc) is 2.89. The van der Waals surface area contributed by atoms with E-state index in [1.54, 1.807) is 12.4 Å². The molecule has 0 bridgehead atoms. The second kappa shape index (κ2) is 7.19. The number of rotatable bonds is 4. The van der Waals surface area contributed by atoms with E-state index in [-0.39, 0.29) is 0 Å². The predicted octanol–water partition coefficient (Wildman–Crippen LogP) is 3.91. The molecule has 5 nitrogen and oxygen atoms in total. The Balaban J connectivity index is 1.77. The standard InChI is InChI=1S/C21H18N4O/c1-2-26-17-11-9-15(10-12-17)20-18-7-3-4-8-19(18)23-21(25-24-20)16-6-5-13-22-14-16/h3-14H,2H2,1H3,(H,23,25). The van der Waals surface area contributed by atoms with Crippen molar-refractivity contribution in [2.24, 2.45) is 10.1 Å². The molecular formula is C21H18N4O. The van der Waals surface area contributed by atoms with E-state index in [0.717, 1.165) is 33.8 Å². The van der Waals surface area contributed by atoms with Crippen molar-refractivity contribution >= 4 is 17.2 Å². The highest BCUT2D eigenvalue weighted by molar-refractivity contribution is 6.17. The first-order chi connectivity index (χ1) is 12.8. The highest BCUT2D eigenvalue weighted by atomic mass is 16.5. The minimum Gasteiger partial charge on any atom is -0.494 e. The van der Waals surface area contributed by atoms with Gasteiger partial charge in [0.2, 0.25) is 0 Å². The summed E-state index contributed by atoms with van der Waals surface area (Å²) in [7, 11) is 0. The first-order valence-corrected chi connectivity index (χ1v) is 8.50. The van der Waals surface area contributed by atoms with E-state index in [4.69, 9.17) is 9.73 Å². The molecule has 1 N–H and O–H groups in total. The summed E-state index contributed by atoms with van der Waals surface area (Å²) in [6, 6.07) is 19.8. The first-order valence-electron chi connectivity index (χ1n) is 8.50. The molecule has 0 spiro atoms. The largest absolute Gasteiger partial charge is 0.494 e. The van der Waals surface area contributed by atoms with Crippen LogP contribution in [0.25, 0.3) is 0 Å². The van der Waals surface area contributed by atoms with Gasteiger partial charge in [0.05, 0.1) is 18.0 Å². The Labute approximate surface area is 152 Å². The van der Waals surface area contributed by atoms with E-state index in [1.807, 2.05) is 67.6 Å². The third-order valence-electron chi connectivity index (χ3n) is 4.04. The fourth-order valence-electron chi connectivity index (χ4n) is 2.81. The molecule has 1 aliphatic heterocycles. The zero-order chi connectivity index (χ0) is 17.8. The third-order valence-corrected chi connectivity index (χ3v) is 4.04. The van der Waals surface area contributed by atoms with Crippen LogP contribution in [0.4, 0.5) is 5.69 Å². The van der Waals surface area contributed by atoms with Gasteiger partial charge in [-0.25, -0.2) is 4.99 Å². The number of hydrogen-bond donors (Lipinski definition) is 1. The number of amidine groups is 1. The Bertz CT molecular complexity index is 963. The predicted molar refractivity (Wildman–Crippen MR) is 103 cm³/mol. The summed E-state index contributed by atoms with van der Waals surface area (Å²) >= 11 is 0. The van der Waals surface area contributed by atoms with Gasteiger partial charge in [-0.15, -0.1) is 0 Å². The van der Waals surface area contributed by atoms with Gasteiger partial charge >= 0.3 is 0 Å².